The SMILES string of the molecule is CCNC(c1cc(F)ccc1C)C1(C)CCCS1. The van der Waals surface area contributed by atoms with Crippen LogP contribution in [-0.2, 0) is 0 Å². The predicted molar refractivity (Wildman–Crippen MR) is 77.7 cm³/mol. The van der Waals surface area contributed by atoms with E-state index in [4.69, 9.17) is 0 Å². The van der Waals surface area contributed by atoms with Gasteiger partial charge in [0.25, 0.3) is 0 Å². The van der Waals surface area contributed by atoms with Crippen LogP contribution in [0.5, 0.6) is 0 Å². The van der Waals surface area contributed by atoms with E-state index in [1.165, 1.54) is 24.2 Å². The van der Waals surface area contributed by atoms with Crippen molar-refractivity contribution >= 4 is 11.8 Å². The summed E-state index contributed by atoms with van der Waals surface area (Å²) >= 11 is 2.02. The summed E-state index contributed by atoms with van der Waals surface area (Å²) in [7, 11) is 0. The van der Waals surface area contributed by atoms with Crippen molar-refractivity contribution in [3.8, 4) is 0 Å². The Morgan fingerprint density at radius 2 is 2.28 bits per heavy atom. The zero-order valence-corrected chi connectivity index (χ0v) is 12.2. The monoisotopic (exact) mass is 267 g/mol. The lowest BCUT2D eigenvalue weighted by molar-refractivity contribution is 0.418. The van der Waals surface area contributed by atoms with E-state index < -0.39 is 0 Å². The lowest BCUT2D eigenvalue weighted by atomic mass is 9.88. The number of rotatable bonds is 4. The summed E-state index contributed by atoms with van der Waals surface area (Å²) in [6, 6.07) is 5.38. The van der Waals surface area contributed by atoms with Crippen LogP contribution in [-0.4, -0.2) is 17.0 Å². The Balaban J connectivity index is 2.37. The highest BCUT2D eigenvalue weighted by Crippen LogP contribution is 2.47. The standard InChI is InChI=1S/C15H22FNS/c1-4-17-14(15(3)8-5-9-18-15)13-10-12(16)7-6-11(13)2/h6-7,10,14,17H,4-5,8-9H2,1-3H3. The molecule has 0 saturated carbocycles. The van der Waals surface area contributed by atoms with Gasteiger partial charge in [-0.1, -0.05) is 13.0 Å². The first-order valence-corrected chi connectivity index (χ1v) is 7.69. The number of nitrogens with one attached hydrogen (secondary N) is 1. The average Bonchev–Trinajstić information content (AvgIpc) is 2.77. The van der Waals surface area contributed by atoms with Gasteiger partial charge in [-0.05, 0) is 62.2 Å². The third-order valence-electron chi connectivity index (χ3n) is 3.82. The topological polar surface area (TPSA) is 12.0 Å². The molecule has 1 aliphatic heterocycles. The highest BCUT2D eigenvalue weighted by Gasteiger charge is 2.38. The molecule has 0 bridgehead atoms. The molecular weight excluding hydrogens is 245 g/mol. The summed E-state index contributed by atoms with van der Waals surface area (Å²) in [5.74, 6) is 1.08. The van der Waals surface area contributed by atoms with Crippen LogP contribution in [0.25, 0.3) is 0 Å². The van der Waals surface area contributed by atoms with Crippen molar-refractivity contribution in [2.45, 2.75) is 44.4 Å². The summed E-state index contributed by atoms with van der Waals surface area (Å²) in [6.45, 7) is 7.41. The van der Waals surface area contributed by atoms with Gasteiger partial charge in [0.15, 0.2) is 0 Å². The maximum atomic E-state index is 13.5. The summed E-state index contributed by atoms with van der Waals surface area (Å²) in [4.78, 5) is 0. The quantitative estimate of drug-likeness (QED) is 0.882. The highest BCUT2D eigenvalue weighted by atomic mass is 32.2. The molecule has 0 aliphatic carbocycles. The second kappa shape index (κ2) is 5.62. The second-order valence-corrected chi connectivity index (χ2v) is 6.89. The largest absolute Gasteiger partial charge is 0.309 e. The number of hydrogen-bond acceptors (Lipinski definition) is 2. The Morgan fingerprint density at radius 1 is 1.50 bits per heavy atom. The van der Waals surface area contributed by atoms with Gasteiger partial charge in [0.05, 0.1) is 0 Å². The molecule has 18 heavy (non-hydrogen) atoms. The summed E-state index contributed by atoms with van der Waals surface area (Å²) in [6.07, 6.45) is 2.46. The van der Waals surface area contributed by atoms with Crippen molar-refractivity contribution < 1.29 is 4.39 Å². The first-order valence-electron chi connectivity index (χ1n) is 6.70. The number of halogens is 1. The molecule has 1 aliphatic rings. The van der Waals surface area contributed by atoms with E-state index in [0.29, 0.717) is 0 Å². The smallest absolute Gasteiger partial charge is 0.123 e. The number of hydrogen-bond donors (Lipinski definition) is 1. The molecule has 1 saturated heterocycles. The third kappa shape index (κ3) is 2.72. The molecule has 1 fully saturated rings. The first-order chi connectivity index (χ1) is 8.57. The van der Waals surface area contributed by atoms with Gasteiger partial charge in [-0.2, -0.15) is 11.8 Å². The lowest BCUT2D eigenvalue weighted by Crippen LogP contribution is -2.38. The van der Waals surface area contributed by atoms with Crippen LogP contribution in [0.4, 0.5) is 4.39 Å². The van der Waals surface area contributed by atoms with Gasteiger partial charge in [0, 0.05) is 10.8 Å². The molecule has 2 atom stereocenters. The van der Waals surface area contributed by atoms with Crippen LogP contribution in [0.2, 0.25) is 0 Å². The molecule has 0 amide bonds. The van der Waals surface area contributed by atoms with Crippen molar-refractivity contribution in [1.82, 2.24) is 5.32 Å². The average molecular weight is 267 g/mol. The van der Waals surface area contributed by atoms with Crippen molar-refractivity contribution in [2.24, 2.45) is 0 Å². The number of aryl methyl sites for hydroxylation is 1. The van der Waals surface area contributed by atoms with E-state index in [-0.39, 0.29) is 16.6 Å². The third-order valence-corrected chi connectivity index (χ3v) is 5.41. The van der Waals surface area contributed by atoms with Gasteiger partial charge >= 0.3 is 0 Å². The maximum absolute atomic E-state index is 13.5. The van der Waals surface area contributed by atoms with Crippen molar-refractivity contribution in [3.05, 3.63) is 35.1 Å². The van der Waals surface area contributed by atoms with E-state index >= 15 is 0 Å². The molecule has 0 radical (unpaired) electrons. The van der Waals surface area contributed by atoms with Crippen LogP contribution in [0, 0.1) is 12.7 Å². The molecule has 2 rings (SSSR count). The molecule has 1 N–H and O–H groups in total. The van der Waals surface area contributed by atoms with E-state index in [0.717, 1.165) is 12.1 Å². The minimum Gasteiger partial charge on any atom is -0.309 e. The minimum absolute atomic E-state index is 0.134. The minimum atomic E-state index is -0.134. The molecule has 0 aromatic heterocycles. The normalized spacial score (nSPS) is 25.3. The fourth-order valence-corrected chi connectivity index (χ4v) is 4.23. The van der Waals surface area contributed by atoms with Gasteiger partial charge in [-0.15, -0.1) is 0 Å². The Bertz CT molecular complexity index is 413. The zero-order chi connectivity index (χ0) is 13.2. The van der Waals surface area contributed by atoms with Crippen LogP contribution in [0.15, 0.2) is 18.2 Å². The zero-order valence-electron chi connectivity index (χ0n) is 11.4. The molecule has 2 unspecified atom stereocenters. The summed E-state index contributed by atoms with van der Waals surface area (Å²) in [5.41, 5.74) is 2.30. The maximum Gasteiger partial charge on any atom is 0.123 e. The molecule has 100 valence electrons. The van der Waals surface area contributed by atoms with Crippen LogP contribution >= 0.6 is 11.8 Å². The van der Waals surface area contributed by atoms with Gasteiger partial charge < -0.3 is 5.32 Å². The Hall–Kier alpha value is -0.540. The van der Waals surface area contributed by atoms with E-state index in [9.17, 15) is 4.39 Å². The van der Waals surface area contributed by atoms with Crippen LogP contribution < -0.4 is 5.32 Å². The first kappa shape index (κ1) is 13.9. The Morgan fingerprint density at radius 3 is 2.89 bits per heavy atom. The Labute approximate surface area is 114 Å². The van der Waals surface area contributed by atoms with Gasteiger partial charge in [-0.25, -0.2) is 4.39 Å². The number of benzene rings is 1. The van der Waals surface area contributed by atoms with Crippen LogP contribution in [0.3, 0.4) is 0 Å². The number of thioether (sulfide) groups is 1. The van der Waals surface area contributed by atoms with Crippen molar-refractivity contribution in [2.75, 3.05) is 12.3 Å². The van der Waals surface area contributed by atoms with E-state index in [1.54, 1.807) is 12.1 Å². The fraction of sp³-hybridized carbons (Fsp3) is 0.600. The highest BCUT2D eigenvalue weighted by molar-refractivity contribution is 8.00. The summed E-state index contributed by atoms with van der Waals surface area (Å²) < 4.78 is 13.7. The molecule has 1 heterocycles. The second-order valence-electron chi connectivity index (χ2n) is 5.26. The lowest BCUT2D eigenvalue weighted by Gasteiger charge is -2.35. The molecular formula is C15H22FNS. The van der Waals surface area contributed by atoms with Crippen LogP contribution in [0.1, 0.15) is 43.9 Å². The van der Waals surface area contributed by atoms with Gasteiger partial charge in [0.2, 0.25) is 0 Å². The summed E-state index contributed by atoms with van der Waals surface area (Å²) in [5, 5.41) is 3.56. The van der Waals surface area contributed by atoms with Gasteiger partial charge in [-0.3, -0.25) is 0 Å². The van der Waals surface area contributed by atoms with Crippen molar-refractivity contribution in [1.29, 1.82) is 0 Å². The molecule has 1 nitrogen and oxygen atoms in total. The molecule has 0 spiro atoms. The predicted octanol–water partition coefficient (Wildman–Crippen LogP) is 4.07. The van der Waals surface area contributed by atoms with E-state index in [1.807, 2.05) is 17.8 Å². The van der Waals surface area contributed by atoms with E-state index in [2.05, 4.69) is 26.1 Å². The molecule has 1 aromatic rings. The fourth-order valence-electron chi connectivity index (χ4n) is 2.81. The Kier molecular flexibility index (Phi) is 4.33. The molecule has 1 aromatic carbocycles. The van der Waals surface area contributed by atoms with Crippen molar-refractivity contribution in [3.63, 3.8) is 0 Å². The van der Waals surface area contributed by atoms with Gasteiger partial charge in [0.1, 0.15) is 5.82 Å². The molecule has 3 heteroatoms.